The van der Waals surface area contributed by atoms with Crippen molar-refractivity contribution in [2.75, 3.05) is 0 Å². The van der Waals surface area contributed by atoms with E-state index in [1.165, 1.54) is 19.3 Å². The molecule has 2 amide bonds. The molecule has 2 N–H and O–H groups in total. The van der Waals surface area contributed by atoms with Crippen LogP contribution in [0.4, 0.5) is 0 Å². The quantitative estimate of drug-likeness (QED) is 0.804. The molecule has 0 unspecified atom stereocenters. The smallest absolute Gasteiger partial charge is 0.243 e. The second kappa shape index (κ2) is 5.93. The molecule has 1 aliphatic carbocycles. The Morgan fingerprint density at radius 2 is 2.00 bits per heavy atom. The Hall–Kier alpha value is -1.06. The Morgan fingerprint density at radius 3 is 2.74 bits per heavy atom. The highest BCUT2D eigenvalue weighted by atomic mass is 16.2. The lowest BCUT2D eigenvalue weighted by Gasteiger charge is -2.41. The molecule has 0 aromatic carbocycles. The molecule has 4 nitrogen and oxygen atoms in total. The molecule has 0 aromatic rings. The summed E-state index contributed by atoms with van der Waals surface area (Å²) in [6, 6.07) is -0.332. The van der Waals surface area contributed by atoms with E-state index in [-0.39, 0.29) is 23.4 Å². The highest BCUT2D eigenvalue weighted by Crippen LogP contribution is 2.33. The van der Waals surface area contributed by atoms with Crippen LogP contribution in [0.15, 0.2) is 0 Å². The molecule has 1 aliphatic heterocycles. The molecule has 2 rings (SSSR count). The molecule has 2 fully saturated rings. The fraction of sp³-hybridized carbons (Fsp3) is 0.867. The SMILES string of the molecule is C[C@@H]1CCCC[C@]1(C)NC(=O)[C@@H]1CCCCC(=O)N1. The van der Waals surface area contributed by atoms with Crippen molar-refractivity contribution in [2.45, 2.75) is 76.8 Å². The van der Waals surface area contributed by atoms with Crippen molar-refractivity contribution < 1.29 is 9.59 Å². The maximum Gasteiger partial charge on any atom is 0.243 e. The average Bonchev–Trinajstić information content (AvgIpc) is 2.58. The van der Waals surface area contributed by atoms with E-state index in [0.717, 1.165) is 25.7 Å². The Labute approximate surface area is 115 Å². The van der Waals surface area contributed by atoms with E-state index in [9.17, 15) is 9.59 Å². The summed E-state index contributed by atoms with van der Waals surface area (Å²) in [5, 5.41) is 6.06. The third-order valence-corrected chi connectivity index (χ3v) is 4.88. The first-order valence-electron chi connectivity index (χ1n) is 7.63. The number of hydrogen-bond donors (Lipinski definition) is 2. The summed E-state index contributed by atoms with van der Waals surface area (Å²) in [7, 11) is 0. The van der Waals surface area contributed by atoms with E-state index in [0.29, 0.717) is 12.3 Å². The zero-order chi connectivity index (χ0) is 13.9. The van der Waals surface area contributed by atoms with Crippen molar-refractivity contribution in [2.24, 2.45) is 5.92 Å². The monoisotopic (exact) mass is 266 g/mol. The van der Waals surface area contributed by atoms with Gasteiger partial charge in [-0.2, -0.15) is 0 Å². The largest absolute Gasteiger partial charge is 0.349 e. The summed E-state index contributed by atoms with van der Waals surface area (Å²) in [5.74, 6) is 0.526. The van der Waals surface area contributed by atoms with Crippen LogP contribution >= 0.6 is 0 Å². The standard InChI is InChI=1S/C15H26N2O2/c1-11-7-5-6-10-15(11,2)17-14(19)12-8-3-4-9-13(18)16-12/h11-12H,3-10H2,1-2H3,(H,16,18)(H,17,19)/t11-,12+,15+/m1/s1. The van der Waals surface area contributed by atoms with Crippen LogP contribution < -0.4 is 10.6 Å². The van der Waals surface area contributed by atoms with E-state index in [1.807, 2.05) is 0 Å². The minimum atomic E-state index is -0.332. The Balaban J connectivity index is 1.97. The molecule has 1 saturated carbocycles. The van der Waals surface area contributed by atoms with Crippen LogP contribution in [-0.2, 0) is 9.59 Å². The van der Waals surface area contributed by atoms with Gasteiger partial charge in [0.1, 0.15) is 6.04 Å². The predicted molar refractivity (Wildman–Crippen MR) is 74.6 cm³/mol. The van der Waals surface area contributed by atoms with Crippen molar-refractivity contribution in [3.05, 3.63) is 0 Å². The molecular weight excluding hydrogens is 240 g/mol. The number of hydrogen-bond acceptors (Lipinski definition) is 2. The van der Waals surface area contributed by atoms with Gasteiger partial charge in [0.05, 0.1) is 0 Å². The zero-order valence-electron chi connectivity index (χ0n) is 12.1. The molecule has 3 atom stereocenters. The average molecular weight is 266 g/mol. The summed E-state index contributed by atoms with van der Waals surface area (Å²) < 4.78 is 0. The van der Waals surface area contributed by atoms with Gasteiger partial charge in [0.2, 0.25) is 11.8 Å². The fourth-order valence-corrected chi connectivity index (χ4v) is 3.23. The van der Waals surface area contributed by atoms with E-state index < -0.39 is 0 Å². The lowest BCUT2D eigenvalue weighted by molar-refractivity contribution is -0.130. The van der Waals surface area contributed by atoms with Crippen LogP contribution in [0.3, 0.4) is 0 Å². The molecule has 4 heteroatoms. The Bertz CT molecular complexity index is 356. The van der Waals surface area contributed by atoms with Crippen LogP contribution in [0.2, 0.25) is 0 Å². The van der Waals surface area contributed by atoms with Crippen molar-refractivity contribution >= 4 is 11.8 Å². The molecule has 1 heterocycles. The lowest BCUT2D eigenvalue weighted by atomic mass is 9.75. The first kappa shape index (κ1) is 14.4. The van der Waals surface area contributed by atoms with E-state index >= 15 is 0 Å². The minimum absolute atomic E-state index is 0.00602. The van der Waals surface area contributed by atoms with Crippen LogP contribution in [-0.4, -0.2) is 23.4 Å². The van der Waals surface area contributed by atoms with Gasteiger partial charge in [0.15, 0.2) is 0 Å². The Kier molecular flexibility index (Phi) is 4.48. The third-order valence-electron chi connectivity index (χ3n) is 4.88. The molecule has 0 radical (unpaired) electrons. The first-order valence-corrected chi connectivity index (χ1v) is 7.63. The molecule has 0 aromatic heterocycles. The lowest BCUT2D eigenvalue weighted by Crippen LogP contribution is -2.57. The van der Waals surface area contributed by atoms with Gasteiger partial charge in [-0.15, -0.1) is 0 Å². The van der Waals surface area contributed by atoms with E-state index in [2.05, 4.69) is 24.5 Å². The summed E-state index contributed by atoms with van der Waals surface area (Å²) in [6.45, 7) is 4.36. The summed E-state index contributed by atoms with van der Waals surface area (Å²) >= 11 is 0. The van der Waals surface area contributed by atoms with Crippen LogP contribution in [0.25, 0.3) is 0 Å². The predicted octanol–water partition coefficient (Wildman–Crippen LogP) is 2.13. The van der Waals surface area contributed by atoms with Crippen LogP contribution in [0, 0.1) is 5.92 Å². The minimum Gasteiger partial charge on any atom is -0.349 e. The van der Waals surface area contributed by atoms with Gasteiger partial charge in [-0.05, 0) is 38.5 Å². The van der Waals surface area contributed by atoms with E-state index in [4.69, 9.17) is 0 Å². The molecule has 1 saturated heterocycles. The second-order valence-electron chi connectivity index (χ2n) is 6.42. The highest BCUT2D eigenvalue weighted by Gasteiger charge is 2.36. The van der Waals surface area contributed by atoms with Gasteiger partial charge >= 0.3 is 0 Å². The van der Waals surface area contributed by atoms with Gasteiger partial charge in [0.25, 0.3) is 0 Å². The number of nitrogens with one attached hydrogen (secondary N) is 2. The maximum absolute atomic E-state index is 12.4. The molecular formula is C15H26N2O2. The van der Waals surface area contributed by atoms with Gasteiger partial charge in [-0.25, -0.2) is 0 Å². The third kappa shape index (κ3) is 3.48. The fourth-order valence-electron chi connectivity index (χ4n) is 3.23. The normalized spacial score (nSPS) is 36.2. The molecule has 2 aliphatic rings. The van der Waals surface area contributed by atoms with Crippen molar-refractivity contribution in [1.29, 1.82) is 0 Å². The van der Waals surface area contributed by atoms with Crippen LogP contribution in [0.1, 0.15) is 65.2 Å². The van der Waals surface area contributed by atoms with Crippen molar-refractivity contribution in [3.63, 3.8) is 0 Å². The van der Waals surface area contributed by atoms with Crippen molar-refractivity contribution in [3.8, 4) is 0 Å². The molecule has 0 spiro atoms. The van der Waals surface area contributed by atoms with Gasteiger partial charge in [0, 0.05) is 12.0 Å². The second-order valence-corrected chi connectivity index (χ2v) is 6.42. The molecule has 108 valence electrons. The topological polar surface area (TPSA) is 58.2 Å². The van der Waals surface area contributed by atoms with Gasteiger partial charge in [-0.1, -0.05) is 26.2 Å². The summed E-state index contributed by atoms with van der Waals surface area (Å²) in [6.07, 6.45) is 7.81. The summed E-state index contributed by atoms with van der Waals surface area (Å²) in [4.78, 5) is 23.9. The van der Waals surface area contributed by atoms with Crippen LogP contribution in [0.5, 0.6) is 0 Å². The Morgan fingerprint density at radius 1 is 1.26 bits per heavy atom. The van der Waals surface area contributed by atoms with Gasteiger partial charge in [-0.3, -0.25) is 9.59 Å². The van der Waals surface area contributed by atoms with E-state index in [1.54, 1.807) is 0 Å². The number of rotatable bonds is 2. The highest BCUT2D eigenvalue weighted by molar-refractivity contribution is 5.88. The first-order chi connectivity index (χ1) is 9.01. The maximum atomic E-state index is 12.4. The number of amides is 2. The number of carbonyl (C=O) groups excluding carboxylic acids is 2. The number of carbonyl (C=O) groups is 2. The summed E-state index contributed by atoms with van der Waals surface area (Å²) in [5.41, 5.74) is -0.105. The zero-order valence-corrected chi connectivity index (χ0v) is 12.1. The van der Waals surface area contributed by atoms with Crippen molar-refractivity contribution in [1.82, 2.24) is 10.6 Å². The molecule has 0 bridgehead atoms. The van der Waals surface area contributed by atoms with Gasteiger partial charge < -0.3 is 10.6 Å². The molecule has 19 heavy (non-hydrogen) atoms.